The van der Waals surface area contributed by atoms with E-state index in [-0.39, 0.29) is 30.2 Å². The Balaban J connectivity index is 0.00000484. The number of anilines is 2. The molecule has 1 saturated heterocycles. The minimum Gasteiger partial charge on any atom is -0.508 e. The van der Waals surface area contributed by atoms with E-state index < -0.39 is 10.0 Å². The molecule has 3 aromatic rings. The zero-order valence-electron chi connectivity index (χ0n) is 24.4. The largest absolute Gasteiger partial charge is 0.508 e. The summed E-state index contributed by atoms with van der Waals surface area (Å²) in [5.74, 6) is 1.50. The predicted molar refractivity (Wildman–Crippen MR) is 170 cm³/mol. The number of rotatable bonds is 11. The molecule has 0 spiro atoms. The first-order valence-corrected chi connectivity index (χ1v) is 15.9. The second-order valence-corrected chi connectivity index (χ2v) is 12.4. The van der Waals surface area contributed by atoms with E-state index in [9.17, 15) is 18.3 Å². The fraction of sp³-hybridized carbons (Fsp3) is 0.387. The van der Waals surface area contributed by atoms with Gasteiger partial charge >= 0.3 is 6.03 Å². The molecular weight excluding hydrogens is 576 g/mol. The van der Waals surface area contributed by atoms with E-state index in [1.54, 1.807) is 36.4 Å². The lowest BCUT2D eigenvalue weighted by Crippen LogP contribution is -2.49. The summed E-state index contributed by atoms with van der Waals surface area (Å²) in [5, 5.41) is 13.0. The van der Waals surface area contributed by atoms with Gasteiger partial charge in [0, 0.05) is 49.7 Å². The number of phenols is 1. The minimum atomic E-state index is -3.32. The molecular formula is C31H41ClN4O5S. The maximum atomic E-state index is 13.2. The molecule has 0 saturated carbocycles. The molecule has 11 heteroatoms. The number of aromatic hydroxyl groups is 1. The standard InChI is InChI=1S/C31H40N4O5S.ClH/c1-4-5-18-35(31(37)32-26-9-6-23(2)30(36)21-26)27-16-19-34(20-17-27)22-24-7-12-28(13-8-24)40-29-14-10-25(11-15-29)33-41(3,38)39;/h6-15,21,27,33,36H,4-5,16-20,22H2,1-3H3,(H,32,37);1H. The van der Waals surface area contributed by atoms with Crippen LogP contribution in [-0.4, -0.2) is 61.3 Å². The first kappa shape index (κ1) is 33.0. The number of phenolic OH excluding ortho intramolecular Hbond substituents is 1. The van der Waals surface area contributed by atoms with Crippen LogP contribution in [0, 0.1) is 6.92 Å². The van der Waals surface area contributed by atoms with Gasteiger partial charge in [-0.3, -0.25) is 9.62 Å². The van der Waals surface area contributed by atoms with Crippen LogP contribution >= 0.6 is 12.4 Å². The molecule has 1 aliphatic heterocycles. The summed E-state index contributed by atoms with van der Waals surface area (Å²) in [7, 11) is -3.32. The number of hydrogen-bond donors (Lipinski definition) is 3. The highest BCUT2D eigenvalue weighted by atomic mass is 35.5. The second-order valence-electron chi connectivity index (χ2n) is 10.6. The molecule has 42 heavy (non-hydrogen) atoms. The molecule has 1 heterocycles. The van der Waals surface area contributed by atoms with Crippen LogP contribution < -0.4 is 14.8 Å². The van der Waals surface area contributed by atoms with Crippen molar-refractivity contribution in [2.75, 3.05) is 35.9 Å². The highest BCUT2D eigenvalue weighted by molar-refractivity contribution is 7.92. The van der Waals surface area contributed by atoms with Gasteiger partial charge in [-0.05, 0) is 79.8 Å². The number of halogens is 1. The third kappa shape index (κ3) is 9.82. The number of carbonyl (C=O) groups is 1. The molecule has 3 N–H and O–H groups in total. The summed E-state index contributed by atoms with van der Waals surface area (Å²) in [6, 6.07) is 20.0. The maximum Gasteiger partial charge on any atom is 0.322 e. The summed E-state index contributed by atoms with van der Waals surface area (Å²) >= 11 is 0. The van der Waals surface area contributed by atoms with Crippen molar-refractivity contribution in [3.8, 4) is 17.2 Å². The normalized spacial score (nSPS) is 14.1. The van der Waals surface area contributed by atoms with Crippen molar-refractivity contribution in [3.05, 3.63) is 77.9 Å². The van der Waals surface area contributed by atoms with Crippen LogP contribution in [0.1, 0.15) is 43.7 Å². The fourth-order valence-electron chi connectivity index (χ4n) is 4.91. The van der Waals surface area contributed by atoms with Gasteiger partial charge in [0.15, 0.2) is 0 Å². The van der Waals surface area contributed by atoms with Crippen molar-refractivity contribution in [1.29, 1.82) is 0 Å². The summed E-state index contributed by atoms with van der Waals surface area (Å²) in [6.45, 7) is 7.29. The smallest absolute Gasteiger partial charge is 0.322 e. The van der Waals surface area contributed by atoms with Gasteiger partial charge in [-0.25, -0.2) is 13.2 Å². The summed E-state index contributed by atoms with van der Waals surface area (Å²) in [6.07, 6.45) is 4.88. The number of amides is 2. The SMILES string of the molecule is CCCCN(C(=O)Nc1ccc(C)c(O)c1)C1CCN(Cc2ccc(Oc3ccc(NS(C)(=O)=O)cc3)cc2)CC1.Cl. The van der Waals surface area contributed by atoms with E-state index in [4.69, 9.17) is 4.74 Å². The lowest BCUT2D eigenvalue weighted by Gasteiger charge is -2.38. The molecule has 228 valence electrons. The van der Waals surface area contributed by atoms with Gasteiger partial charge < -0.3 is 20.1 Å². The molecule has 0 radical (unpaired) electrons. The van der Waals surface area contributed by atoms with Crippen LogP contribution in [-0.2, 0) is 16.6 Å². The Labute approximate surface area is 255 Å². The van der Waals surface area contributed by atoms with E-state index >= 15 is 0 Å². The lowest BCUT2D eigenvalue weighted by molar-refractivity contribution is 0.122. The Kier molecular flexibility index (Phi) is 11.9. The molecule has 2 amide bonds. The Morgan fingerprint density at radius 3 is 2.17 bits per heavy atom. The van der Waals surface area contributed by atoms with E-state index in [0.717, 1.165) is 57.1 Å². The number of carbonyl (C=O) groups excluding carboxylic acids is 1. The zero-order valence-corrected chi connectivity index (χ0v) is 26.0. The van der Waals surface area contributed by atoms with E-state index in [1.165, 1.54) is 5.56 Å². The number of nitrogens with one attached hydrogen (secondary N) is 2. The number of unbranched alkanes of at least 4 members (excludes halogenated alkanes) is 1. The van der Waals surface area contributed by atoms with E-state index in [0.29, 0.717) is 29.4 Å². The Morgan fingerprint density at radius 2 is 1.60 bits per heavy atom. The van der Waals surface area contributed by atoms with Crippen molar-refractivity contribution in [1.82, 2.24) is 9.80 Å². The first-order valence-electron chi connectivity index (χ1n) is 14.0. The fourth-order valence-corrected chi connectivity index (χ4v) is 5.48. The van der Waals surface area contributed by atoms with Crippen molar-refractivity contribution in [2.24, 2.45) is 0 Å². The van der Waals surface area contributed by atoms with Crippen molar-refractivity contribution >= 4 is 39.8 Å². The predicted octanol–water partition coefficient (Wildman–Crippen LogP) is 6.58. The quantitative estimate of drug-likeness (QED) is 0.224. The van der Waals surface area contributed by atoms with Gasteiger partial charge in [0.1, 0.15) is 17.2 Å². The number of aryl methyl sites for hydroxylation is 1. The third-order valence-electron chi connectivity index (χ3n) is 7.19. The molecule has 9 nitrogen and oxygen atoms in total. The minimum absolute atomic E-state index is 0. The Morgan fingerprint density at radius 1 is 1.00 bits per heavy atom. The second kappa shape index (κ2) is 15.1. The Hall–Kier alpha value is -3.47. The number of benzene rings is 3. The molecule has 0 aliphatic carbocycles. The monoisotopic (exact) mass is 616 g/mol. The Bertz CT molecular complexity index is 1410. The third-order valence-corrected chi connectivity index (χ3v) is 7.80. The number of ether oxygens (including phenoxy) is 1. The van der Waals surface area contributed by atoms with Crippen molar-refractivity contribution in [2.45, 2.75) is 52.1 Å². The molecule has 4 rings (SSSR count). The van der Waals surface area contributed by atoms with Crippen LogP contribution in [0.25, 0.3) is 0 Å². The maximum absolute atomic E-state index is 13.2. The molecule has 0 bridgehead atoms. The highest BCUT2D eigenvalue weighted by Gasteiger charge is 2.28. The van der Waals surface area contributed by atoms with Gasteiger partial charge in [-0.1, -0.05) is 31.5 Å². The van der Waals surface area contributed by atoms with Crippen LogP contribution in [0.5, 0.6) is 17.2 Å². The molecule has 0 unspecified atom stereocenters. The van der Waals surface area contributed by atoms with Crippen molar-refractivity contribution < 1.29 is 23.1 Å². The van der Waals surface area contributed by atoms with Gasteiger partial charge in [-0.15, -0.1) is 12.4 Å². The first-order chi connectivity index (χ1) is 19.6. The summed E-state index contributed by atoms with van der Waals surface area (Å²) in [4.78, 5) is 17.6. The number of nitrogens with zero attached hydrogens (tertiary/aromatic N) is 2. The van der Waals surface area contributed by atoms with Gasteiger partial charge in [0.2, 0.25) is 10.0 Å². The average molecular weight is 617 g/mol. The van der Waals surface area contributed by atoms with Crippen LogP contribution in [0.3, 0.4) is 0 Å². The average Bonchev–Trinajstić information content (AvgIpc) is 2.93. The molecule has 0 aromatic heterocycles. The van der Waals surface area contributed by atoms with E-state index in [2.05, 4.69) is 34.0 Å². The number of piperidine rings is 1. The van der Waals surface area contributed by atoms with Crippen molar-refractivity contribution in [3.63, 3.8) is 0 Å². The van der Waals surface area contributed by atoms with Crippen LogP contribution in [0.15, 0.2) is 66.7 Å². The zero-order chi connectivity index (χ0) is 29.4. The lowest BCUT2D eigenvalue weighted by atomic mass is 10.0. The number of likely N-dealkylation sites (tertiary alicyclic amines) is 1. The number of hydrogen-bond acceptors (Lipinski definition) is 6. The topological polar surface area (TPSA) is 111 Å². The van der Waals surface area contributed by atoms with Gasteiger partial charge in [0.05, 0.1) is 6.26 Å². The van der Waals surface area contributed by atoms with Crippen LogP contribution in [0.4, 0.5) is 16.2 Å². The molecule has 1 aliphatic rings. The summed E-state index contributed by atoms with van der Waals surface area (Å²) < 4.78 is 31.1. The number of urea groups is 1. The van der Waals surface area contributed by atoms with E-state index in [1.807, 2.05) is 30.0 Å². The van der Waals surface area contributed by atoms with Crippen LogP contribution in [0.2, 0.25) is 0 Å². The van der Waals surface area contributed by atoms with Gasteiger partial charge in [0.25, 0.3) is 0 Å². The van der Waals surface area contributed by atoms with Gasteiger partial charge in [-0.2, -0.15) is 0 Å². The molecule has 1 fully saturated rings. The molecule has 0 atom stereocenters. The molecule has 3 aromatic carbocycles. The highest BCUT2D eigenvalue weighted by Crippen LogP contribution is 2.26. The number of sulfonamides is 1. The summed E-state index contributed by atoms with van der Waals surface area (Å²) in [5.41, 5.74) is 3.05.